The highest BCUT2D eigenvalue weighted by Crippen LogP contribution is 2.20. The number of anilines is 2. The molecule has 108 valence electrons. The van der Waals surface area contributed by atoms with Crippen molar-refractivity contribution in [3.63, 3.8) is 0 Å². The van der Waals surface area contributed by atoms with Gasteiger partial charge in [-0.1, -0.05) is 23.7 Å². The summed E-state index contributed by atoms with van der Waals surface area (Å²) in [7, 11) is 0. The normalized spacial score (nSPS) is 10.0. The van der Waals surface area contributed by atoms with Crippen LogP contribution in [0.1, 0.15) is 15.9 Å². The van der Waals surface area contributed by atoms with Crippen molar-refractivity contribution >= 4 is 35.0 Å². The van der Waals surface area contributed by atoms with Gasteiger partial charge < -0.3 is 15.7 Å². The molecule has 2 aromatic rings. The Morgan fingerprint density at radius 3 is 2.33 bits per heavy atom. The van der Waals surface area contributed by atoms with Gasteiger partial charge in [0.1, 0.15) is 0 Å². The van der Waals surface area contributed by atoms with Crippen LogP contribution in [0.25, 0.3) is 0 Å². The lowest BCUT2D eigenvalue weighted by Crippen LogP contribution is -2.19. The molecule has 0 heterocycles. The Morgan fingerprint density at radius 1 is 1.05 bits per heavy atom. The molecule has 2 aromatic carbocycles. The summed E-state index contributed by atoms with van der Waals surface area (Å²) in [6.07, 6.45) is 0. The number of rotatable bonds is 3. The molecule has 0 atom stereocenters. The minimum Gasteiger partial charge on any atom is -0.478 e. The number of aromatic carboxylic acids is 1. The fourth-order valence-electron chi connectivity index (χ4n) is 1.69. The summed E-state index contributed by atoms with van der Waals surface area (Å²) in [5.41, 5.74) is 1.96. The molecule has 2 amide bonds. The molecule has 0 spiro atoms. The number of halogens is 1. The van der Waals surface area contributed by atoms with E-state index in [1.54, 1.807) is 30.3 Å². The number of urea groups is 1. The van der Waals surface area contributed by atoms with Crippen LogP contribution >= 0.6 is 11.6 Å². The van der Waals surface area contributed by atoms with Gasteiger partial charge >= 0.3 is 12.0 Å². The predicted molar refractivity (Wildman–Crippen MR) is 82.2 cm³/mol. The van der Waals surface area contributed by atoms with Crippen LogP contribution in [0, 0.1) is 6.92 Å². The number of carbonyl (C=O) groups excluding carboxylic acids is 1. The van der Waals surface area contributed by atoms with Crippen molar-refractivity contribution in [1.29, 1.82) is 0 Å². The zero-order chi connectivity index (χ0) is 15.4. The smallest absolute Gasteiger partial charge is 0.335 e. The van der Waals surface area contributed by atoms with Gasteiger partial charge in [0.25, 0.3) is 0 Å². The lowest BCUT2D eigenvalue weighted by atomic mass is 10.2. The fraction of sp³-hybridized carbons (Fsp3) is 0.0667. The molecule has 0 saturated heterocycles. The van der Waals surface area contributed by atoms with Gasteiger partial charge in [-0.05, 0) is 42.8 Å². The number of hydrogen-bond donors (Lipinski definition) is 3. The first-order valence-corrected chi connectivity index (χ1v) is 6.51. The van der Waals surface area contributed by atoms with Gasteiger partial charge in [0.2, 0.25) is 0 Å². The Balaban J connectivity index is 2.06. The lowest BCUT2D eigenvalue weighted by Gasteiger charge is -2.09. The highest BCUT2D eigenvalue weighted by atomic mass is 35.5. The zero-order valence-corrected chi connectivity index (χ0v) is 11.9. The van der Waals surface area contributed by atoms with Gasteiger partial charge in [-0.15, -0.1) is 0 Å². The summed E-state index contributed by atoms with van der Waals surface area (Å²) in [6, 6.07) is 10.7. The molecule has 0 unspecified atom stereocenters. The second-order valence-electron chi connectivity index (χ2n) is 4.43. The topological polar surface area (TPSA) is 78.4 Å². The molecule has 0 saturated carbocycles. The Hall–Kier alpha value is -2.53. The van der Waals surface area contributed by atoms with E-state index in [2.05, 4.69) is 10.6 Å². The summed E-state index contributed by atoms with van der Waals surface area (Å²) in [5, 5.41) is 14.6. The summed E-state index contributed by atoms with van der Waals surface area (Å²) in [4.78, 5) is 22.7. The minimum absolute atomic E-state index is 0.103. The van der Waals surface area contributed by atoms with E-state index in [4.69, 9.17) is 16.7 Å². The molecule has 6 heteroatoms. The highest BCUT2D eigenvalue weighted by molar-refractivity contribution is 6.31. The van der Waals surface area contributed by atoms with Crippen LogP contribution < -0.4 is 10.6 Å². The molecule has 0 fully saturated rings. The standard InChI is InChI=1S/C15H13ClN2O3/c1-9-5-6-12(8-13(9)16)18-15(21)17-11-4-2-3-10(7-11)14(19)20/h2-8H,1H3,(H,19,20)(H2,17,18,21). The summed E-state index contributed by atoms with van der Waals surface area (Å²) < 4.78 is 0. The lowest BCUT2D eigenvalue weighted by molar-refractivity contribution is 0.0697. The van der Waals surface area contributed by atoms with Crippen molar-refractivity contribution in [2.24, 2.45) is 0 Å². The van der Waals surface area contributed by atoms with E-state index < -0.39 is 12.0 Å². The van der Waals surface area contributed by atoms with E-state index in [1.165, 1.54) is 12.1 Å². The first-order chi connectivity index (χ1) is 9.95. The van der Waals surface area contributed by atoms with Gasteiger partial charge in [-0.3, -0.25) is 0 Å². The number of carbonyl (C=O) groups is 2. The molecule has 21 heavy (non-hydrogen) atoms. The van der Waals surface area contributed by atoms with E-state index in [0.717, 1.165) is 5.56 Å². The first-order valence-electron chi connectivity index (χ1n) is 6.13. The number of carboxylic acid groups (broad SMARTS) is 1. The summed E-state index contributed by atoms with van der Waals surface area (Å²) in [5.74, 6) is -1.05. The molecular weight excluding hydrogens is 292 g/mol. The molecule has 0 bridgehead atoms. The van der Waals surface area contributed by atoms with Crippen LogP contribution in [-0.4, -0.2) is 17.1 Å². The Labute approximate surface area is 126 Å². The van der Waals surface area contributed by atoms with E-state index in [-0.39, 0.29) is 5.56 Å². The summed E-state index contributed by atoms with van der Waals surface area (Å²) in [6.45, 7) is 1.86. The van der Waals surface area contributed by atoms with Gasteiger partial charge in [-0.2, -0.15) is 0 Å². The number of amides is 2. The molecule has 0 aliphatic rings. The van der Waals surface area contributed by atoms with E-state index in [9.17, 15) is 9.59 Å². The zero-order valence-electron chi connectivity index (χ0n) is 11.2. The number of hydrogen-bond acceptors (Lipinski definition) is 2. The van der Waals surface area contributed by atoms with Crippen LogP contribution in [0.5, 0.6) is 0 Å². The quantitative estimate of drug-likeness (QED) is 0.802. The van der Waals surface area contributed by atoms with E-state index in [0.29, 0.717) is 16.4 Å². The third kappa shape index (κ3) is 3.97. The molecule has 0 radical (unpaired) electrons. The average molecular weight is 305 g/mol. The van der Waals surface area contributed by atoms with Crippen LogP contribution in [0.2, 0.25) is 5.02 Å². The second kappa shape index (κ2) is 6.28. The maximum atomic E-state index is 11.8. The van der Waals surface area contributed by atoms with Crippen LogP contribution in [-0.2, 0) is 0 Å². The minimum atomic E-state index is -1.05. The Bertz CT molecular complexity index is 701. The van der Waals surface area contributed by atoms with Crippen molar-refractivity contribution in [3.05, 3.63) is 58.6 Å². The average Bonchev–Trinajstić information content (AvgIpc) is 2.43. The third-order valence-corrected chi connectivity index (χ3v) is 3.20. The predicted octanol–water partition coefficient (Wildman–Crippen LogP) is 3.99. The Kier molecular flexibility index (Phi) is 4.45. The molecule has 2 rings (SSSR count). The summed E-state index contributed by atoms with van der Waals surface area (Å²) >= 11 is 5.98. The first kappa shape index (κ1) is 14.9. The largest absolute Gasteiger partial charge is 0.478 e. The molecular formula is C15H13ClN2O3. The maximum absolute atomic E-state index is 11.8. The maximum Gasteiger partial charge on any atom is 0.335 e. The number of carboxylic acids is 1. The van der Waals surface area contributed by atoms with Gasteiger partial charge in [0.15, 0.2) is 0 Å². The van der Waals surface area contributed by atoms with Crippen LogP contribution in [0.15, 0.2) is 42.5 Å². The number of nitrogens with one attached hydrogen (secondary N) is 2. The molecule has 5 nitrogen and oxygen atoms in total. The van der Waals surface area contributed by atoms with E-state index in [1.807, 2.05) is 6.92 Å². The Morgan fingerprint density at radius 2 is 1.71 bits per heavy atom. The van der Waals surface area contributed by atoms with Crippen molar-refractivity contribution in [2.75, 3.05) is 10.6 Å². The molecule has 0 aliphatic carbocycles. The van der Waals surface area contributed by atoms with Crippen LogP contribution in [0.3, 0.4) is 0 Å². The fourth-order valence-corrected chi connectivity index (χ4v) is 1.87. The molecule has 0 aromatic heterocycles. The number of benzene rings is 2. The van der Waals surface area contributed by atoms with E-state index >= 15 is 0 Å². The van der Waals surface area contributed by atoms with Crippen LogP contribution in [0.4, 0.5) is 16.2 Å². The third-order valence-electron chi connectivity index (χ3n) is 2.80. The molecule has 3 N–H and O–H groups in total. The van der Waals surface area contributed by atoms with Gasteiger partial charge in [0.05, 0.1) is 5.56 Å². The second-order valence-corrected chi connectivity index (χ2v) is 4.84. The van der Waals surface area contributed by atoms with Crippen molar-refractivity contribution in [1.82, 2.24) is 0 Å². The van der Waals surface area contributed by atoms with Crippen molar-refractivity contribution < 1.29 is 14.7 Å². The van der Waals surface area contributed by atoms with Crippen molar-refractivity contribution in [2.45, 2.75) is 6.92 Å². The van der Waals surface area contributed by atoms with Gasteiger partial charge in [-0.25, -0.2) is 9.59 Å². The van der Waals surface area contributed by atoms with Crippen molar-refractivity contribution in [3.8, 4) is 0 Å². The SMILES string of the molecule is Cc1ccc(NC(=O)Nc2cccc(C(=O)O)c2)cc1Cl. The number of aryl methyl sites for hydroxylation is 1. The highest BCUT2D eigenvalue weighted by Gasteiger charge is 2.07. The molecule has 0 aliphatic heterocycles. The van der Waals surface area contributed by atoms with Gasteiger partial charge in [0, 0.05) is 16.4 Å². The monoisotopic (exact) mass is 304 g/mol.